The summed E-state index contributed by atoms with van der Waals surface area (Å²) < 4.78 is 0. The molecule has 1 heteroatoms. The third-order valence-electron chi connectivity index (χ3n) is 4.30. The quantitative estimate of drug-likeness (QED) is 0.379. The lowest BCUT2D eigenvalue weighted by Crippen LogP contribution is -2.31. The van der Waals surface area contributed by atoms with Gasteiger partial charge in [0.2, 0.25) is 0 Å². The molecule has 0 fully saturated rings. The van der Waals surface area contributed by atoms with Crippen LogP contribution in [0.1, 0.15) is 106 Å². The van der Waals surface area contributed by atoms with E-state index in [1.165, 1.54) is 64.2 Å². The van der Waals surface area contributed by atoms with Crippen LogP contribution in [0.3, 0.4) is 0 Å². The van der Waals surface area contributed by atoms with Crippen molar-refractivity contribution in [1.82, 2.24) is 5.32 Å². The Bertz CT molecular complexity index is 216. The molecule has 0 saturated heterocycles. The molecule has 0 aromatic rings. The Hall–Kier alpha value is -0.0400. The Kier molecular flexibility index (Phi) is 12.5. The van der Waals surface area contributed by atoms with E-state index in [0.29, 0.717) is 5.41 Å². The minimum absolute atomic E-state index is 0.468. The molecule has 0 amide bonds. The maximum Gasteiger partial charge on any atom is 0.00694 e. The first-order valence-corrected chi connectivity index (χ1v) is 9.62. The number of rotatable bonds is 13. The van der Waals surface area contributed by atoms with E-state index in [2.05, 4.69) is 46.9 Å². The van der Waals surface area contributed by atoms with Gasteiger partial charge in [0.1, 0.15) is 0 Å². The largest absolute Gasteiger partial charge is 0.314 e. The molecule has 1 N–H and O–H groups in total. The van der Waals surface area contributed by atoms with Gasteiger partial charge in [0.25, 0.3) is 0 Å². The summed E-state index contributed by atoms with van der Waals surface area (Å²) in [6.45, 7) is 15.2. The van der Waals surface area contributed by atoms with Crippen LogP contribution >= 0.6 is 0 Å². The van der Waals surface area contributed by atoms with Crippen molar-refractivity contribution in [2.45, 2.75) is 112 Å². The monoisotopic (exact) mass is 297 g/mol. The average Bonchev–Trinajstić information content (AvgIpc) is 2.35. The zero-order valence-corrected chi connectivity index (χ0v) is 15.9. The van der Waals surface area contributed by atoms with Gasteiger partial charge in [-0.2, -0.15) is 0 Å². The second kappa shape index (κ2) is 12.5. The van der Waals surface area contributed by atoms with E-state index < -0.39 is 0 Å². The fourth-order valence-corrected chi connectivity index (χ4v) is 3.55. The Balaban J connectivity index is 3.81. The molecule has 0 aromatic heterocycles. The lowest BCUT2D eigenvalue weighted by atomic mass is 9.82. The first-order valence-electron chi connectivity index (χ1n) is 9.62. The molecule has 2 atom stereocenters. The fourth-order valence-electron chi connectivity index (χ4n) is 3.55. The van der Waals surface area contributed by atoms with Crippen LogP contribution in [0.15, 0.2) is 0 Å². The minimum Gasteiger partial charge on any atom is -0.314 e. The number of hydrogen-bond acceptors (Lipinski definition) is 1. The van der Waals surface area contributed by atoms with Gasteiger partial charge in [0.05, 0.1) is 0 Å². The maximum absolute atomic E-state index is 3.71. The first kappa shape index (κ1) is 21.0. The SMILES string of the molecule is CCCCCCCCCC(CC(C)CC(C)(C)C)NCC. The van der Waals surface area contributed by atoms with Gasteiger partial charge < -0.3 is 5.32 Å². The topological polar surface area (TPSA) is 12.0 Å². The molecule has 1 nitrogen and oxygen atoms in total. The molecule has 21 heavy (non-hydrogen) atoms. The maximum atomic E-state index is 3.71. The van der Waals surface area contributed by atoms with Gasteiger partial charge in [-0.15, -0.1) is 0 Å². The molecular weight excluding hydrogens is 254 g/mol. The molecule has 0 heterocycles. The molecule has 0 radical (unpaired) electrons. The summed E-state index contributed by atoms with van der Waals surface area (Å²) in [6.07, 6.45) is 14.0. The summed E-state index contributed by atoms with van der Waals surface area (Å²) in [5.41, 5.74) is 0.468. The zero-order chi connectivity index (χ0) is 16.1. The molecule has 2 unspecified atom stereocenters. The van der Waals surface area contributed by atoms with E-state index in [1.54, 1.807) is 0 Å². The third-order valence-corrected chi connectivity index (χ3v) is 4.30. The highest BCUT2D eigenvalue weighted by molar-refractivity contribution is 4.73. The Labute approximate surface area is 135 Å². The van der Waals surface area contributed by atoms with Crippen LogP contribution in [-0.4, -0.2) is 12.6 Å². The summed E-state index contributed by atoms with van der Waals surface area (Å²) in [7, 11) is 0. The highest BCUT2D eigenvalue weighted by atomic mass is 14.9. The molecule has 0 aliphatic heterocycles. The summed E-state index contributed by atoms with van der Waals surface area (Å²) in [4.78, 5) is 0. The van der Waals surface area contributed by atoms with Crippen molar-refractivity contribution in [3.63, 3.8) is 0 Å². The Morgan fingerprint density at radius 2 is 1.43 bits per heavy atom. The van der Waals surface area contributed by atoms with Crippen LogP contribution < -0.4 is 5.32 Å². The third kappa shape index (κ3) is 14.7. The van der Waals surface area contributed by atoms with Gasteiger partial charge in [0, 0.05) is 6.04 Å². The van der Waals surface area contributed by atoms with Crippen molar-refractivity contribution < 1.29 is 0 Å². The average molecular weight is 298 g/mol. The number of hydrogen-bond donors (Lipinski definition) is 1. The molecule has 0 bridgehead atoms. The lowest BCUT2D eigenvalue weighted by Gasteiger charge is -2.27. The molecule has 0 rings (SSSR count). The van der Waals surface area contributed by atoms with E-state index in [-0.39, 0.29) is 0 Å². The molecule has 0 spiro atoms. The van der Waals surface area contributed by atoms with Gasteiger partial charge in [-0.1, -0.05) is 86.5 Å². The van der Waals surface area contributed by atoms with Gasteiger partial charge >= 0.3 is 0 Å². The summed E-state index contributed by atoms with van der Waals surface area (Å²) >= 11 is 0. The Morgan fingerprint density at radius 1 is 0.857 bits per heavy atom. The van der Waals surface area contributed by atoms with Crippen LogP contribution in [-0.2, 0) is 0 Å². The summed E-state index contributed by atoms with van der Waals surface area (Å²) in [6, 6.07) is 0.739. The highest BCUT2D eigenvalue weighted by Crippen LogP contribution is 2.27. The molecule has 0 aliphatic rings. The van der Waals surface area contributed by atoms with Gasteiger partial charge in [-0.3, -0.25) is 0 Å². The highest BCUT2D eigenvalue weighted by Gasteiger charge is 2.18. The van der Waals surface area contributed by atoms with Crippen molar-refractivity contribution in [2.24, 2.45) is 11.3 Å². The Morgan fingerprint density at radius 3 is 1.95 bits per heavy atom. The van der Waals surface area contributed by atoms with Crippen LogP contribution in [0.2, 0.25) is 0 Å². The van der Waals surface area contributed by atoms with Crippen LogP contribution in [0.25, 0.3) is 0 Å². The van der Waals surface area contributed by atoms with E-state index >= 15 is 0 Å². The smallest absolute Gasteiger partial charge is 0.00694 e. The summed E-state index contributed by atoms with van der Waals surface area (Å²) in [5, 5.41) is 3.71. The van der Waals surface area contributed by atoms with Crippen LogP contribution in [0, 0.1) is 11.3 Å². The number of nitrogens with one attached hydrogen (secondary N) is 1. The van der Waals surface area contributed by atoms with Crippen molar-refractivity contribution >= 4 is 0 Å². The fraction of sp³-hybridized carbons (Fsp3) is 1.00. The first-order chi connectivity index (χ1) is 9.89. The predicted octanol–water partition coefficient (Wildman–Crippen LogP) is 6.57. The second-order valence-corrected chi connectivity index (χ2v) is 8.27. The zero-order valence-electron chi connectivity index (χ0n) is 15.9. The van der Waals surface area contributed by atoms with Crippen molar-refractivity contribution in [3.8, 4) is 0 Å². The predicted molar refractivity (Wildman–Crippen MR) is 97.9 cm³/mol. The van der Waals surface area contributed by atoms with Crippen molar-refractivity contribution in [2.75, 3.05) is 6.54 Å². The minimum atomic E-state index is 0.468. The van der Waals surface area contributed by atoms with Crippen molar-refractivity contribution in [1.29, 1.82) is 0 Å². The molecule has 0 aromatic carbocycles. The molecule has 0 saturated carbocycles. The normalized spacial score (nSPS) is 15.1. The summed E-state index contributed by atoms with van der Waals surface area (Å²) in [5.74, 6) is 0.832. The van der Waals surface area contributed by atoms with Crippen molar-refractivity contribution in [3.05, 3.63) is 0 Å². The second-order valence-electron chi connectivity index (χ2n) is 8.27. The van der Waals surface area contributed by atoms with E-state index in [1.807, 2.05) is 0 Å². The lowest BCUT2D eigenvalue weighted by molar-refractivity contribution is 0.269. The molecule has 128 valence electrons. The standard InChI is InChI=1S/C20H43N/c1-7-9-10-11-12-13-14-15-19(21-8-2)16-18(3)17-20(4,5)6/h18-19,21H,7-17H2,1-6H3. The van der Waals surface area contributed by atoms with Crippen LogP contribution in [0.4, 0.5) is 0 Å². The van der Waals surface area contributed by atoms with E-state index in [0.717, 1.165) is 18.5 Å². The molecule has 0 aliphatic carbocycles. The van der Waals surface area contributed by atoms with E-state index in [4.69, 9.17) is 0 Å². The van der Waals surface area contributed by atoms with E-state index in [9.17, 15) is 0 Å². The number of unbranched alkanes of at least 4 members (excludes halogenated alkanes) is 6. The van der Waals surface area contributed by atoms with Gasteiger partial charge in [-0.05, 0) is 37.1 Å². The van der Waals surface area contributed by atoms with Gasteiger partial charge in [-0.25, -0.2) is 0 Å². The van der Waals surface area contributed by atoms with Crippen LogP contribution in [0.5, 0.6) is 0 Å². The van der Waals surface area contributed by atoms with Gasteiger partial charge in [0.15, 0.2) is 0 Å². The molecular formula is C20H43N.